The molecule has 0 amide bonds. The van der Waals surface area contributed by atoms with Crippen molar-refractivity contribution in [1.29, 1.82) is 0 Å². The van der Waals surface area contributed by atoms with Crippen molar-refractivity contribution in [2.45, 2.75) is 30.5 Å². The van der Waals surface area contributed by atoms with Gasteiger partial charge < -0.3 is 14.8 Å². The summed E-state index contributed by atoms with van der Waals surface area (Å²) in [5.41, 5.74) is 0.795. The average Bonchev–Trinajstić information content (AvgIpc) is 2.87. The molecule has 0 saturated carbocycles. The maximum absolute atomic E-state index is 11.0. The van der Waals surface area contributed by atoms with Crippen molar-refractivity contribution in [3.05, 3.63) is 11.4 Å². The molecule has 2 N–H and O–H groups in total. The predicted molar refractivity (Wildman–Crippen MR) is 60.0 cm³/mol. The normalized spacial score (nSPS) is 20.2. The van der Waals surface area contributed by atoms with Crippen molar-refractivity contribution < 1.29 is 14.6 Å². The van der Waals surface area contributed by atoms with E-state index in [1.165, 1.54) is 11.8 Å². The zero-order valence-corrected chi connectivity index (χ0v) is 9.84. The van der Waals surface area contributed by atoms with Gasteiger partial charge in [-0.3, -0.25) is 0 Å². The highest BCUT2D eigenvalue weighted by atomic mass is 32.2. The molecule has 0 aromatic carbocycles. The van der Waals surface area contributed by atoms with Crippen LogP contribution in [0.3, 0.4) is 0 Å². The van der Waals surface area contributed by atoms with Gasteiger partial charge in [0.15, 0.2) is 10.9 Å². The minimum absolute atomic E-state index is 0.125. The van der Waals surface area contributed by atoms with Gasteiger partial charge in [0.25, 0.3) is 0 Å². The lowest BCUT2D eigenvalue weighted by Gasteiger charge is -2.07. The minimum Gasteiger partial charge on any atom is -0.476 e. The van der Waals surface area contributed by atoms with E-state index in [9.17, 15) is 4.79 Å². The number of nitrogens with zero attached hydrogens (tertiary/aromatic N) is 1. The Kier molecular flexibility index (Phi) is 3.50. The van der Waals surface area contributed by atoms with Gasteiger partial charge in [0.1, 0.15) is 0 Å². The average molecular weight is 242 g/mol. The summed E-state index contributed by atoms with van der Waals surface area (Å²) in [5.74, 6) is -0.982. The molecular weight excluding hydrogens is 228 g/mol. The lowest BCUT2D eigenvalue weighted by atomic mass is 10.1. The van der Waals surface area contributed by atoms with Crippen LogP contribution in [0.5, 0.6) is 0 Å². The van der Waals surface area contributed by atoms with E-state index in [1.807, 2.05) is 6.26 Å². The number of aromatic amines is 1. The van der Waals surface area contributed by atoms with Crippen LogP contribution in [0.25, 0.3) is 0 Å². The van der Waals surface area contributed by atoms with Gasteiger partial charge >= 0.3 is 5.97 Å². The second kappa shape index (κ2) is 4.88. The summed E-state index contributed by atoms with van der Waals surface area (Å²) < 4.78 is 5.49. The Hall–Kier alpha value is -1.01. The Bertz CT molecular complexity index is 385. The van der Waals surface area contributed by atoms with Crippen molar-refractivity contribution in [2.75, 3.05) is 12.9 Å². The number of rotatable bonds is 4. The van der Waals surface area contributed by atoms with Crippen molar-refractivity contribution >= 4 is 17.7 Å². The summed E-state index contributed by atoms with van der Waals surface area (Å²) in [6, 6.07) is 0. The number of aromatic carboxylic acids is 1. The predicted octanol–water partition coefficient (Wildman–Crippen LogP) is 1.55. The van der Waals surface area contributed by atoms with E-state index in [4.69, 9.17) is 9.84 Å². The Morgan fingerprint density at radius 3 is 3.12 bits per heavy atom. The largest absolute Gasteiger partial charge is 0.476 e. The number of hydrogen-bond donors (Lipinski definition) is 2. The molecule has 1 atom stereocenters. The third-order valence-electron chi connectivity index (χ3n) is 2.61. The number of carboxylic acid groups (broad SMARTS) is 1. The van der Waals surface area contributed by atoms with Crippen LogP contribution in [0, 0.1) is 0 Å². The summed E-state index contributed by atoms with van der Waals surface area (Å²) in [6.45, 7) is 0.774. The van der Waals surface area contributed by atoms with Crippen LogP contribution in [-0.2, 0) is 11.2 Å². The van der Waals surface area contributed by atoms with Gasteiger partial charge in [0.2, 0.25) is 0 Å². The van der Waals surface area contributed by atoms with Gasteiger partial charge in [0.05, 0.1) is 11.8 Å². The first-order chi connectivity index (χ1) is 7.70. The van der Waals surface area contributed by atoms with E-state index in [1.54, 1.807) is 0 Å². The Morgan fingerprint density at radius 1 is 1.75 bits per heavy atom. The molecule has 1 saturated heterocycles. The molecule has 0 bridgehead atoms. The van der Waals surface area contributed by atoms with Crippen LogP contribution in [0.4, 0.5) is 0 Å². The van der Waals surface area contributed by atoms with Crippen LogP contribution in [0.1, 0.15) is 29.0 Å². The molecule has 0 spiro atoms. The van der Waals surface area contributed by atoms with Crippen LogP contribution in [0.15, 0.2) is 5.16 Å². The van der Waals surface area contributed by atoms with Gasteiger partial charge in [-0.05, 0) is 19.1 Å². The molecule has 1 aliphatic heterocycles. The lowest BCUT2D eigenvalue weighted by Crippen LogP contribution is -2.12. The summed E-state index contributed by atoms with van der Waals surface area (Å²) in [7, 11) is 0. The fourth-order valence-corrected chi connectivity index (χ4v) is 2.25. The molecule has 6 heteroatoms. The summed E-state index contributed by atoms with van der Waals surface area (Å²) in [4.78, 5) is 18.0. The van der Waals surface area contributed by atoms with Crippen LogP contribution >= 0.6 is 11.8 Å². The highest BCUT2D eigenvalue weighted by Gasteiger charge is 2.22. The number of ether oxygens (including phenoxy) is 1. The third-order valence-corrected chi connectivity index (χ3v) is 3.19. The molecule has 16 heavy (non-hydrogen) atoms. The smallest absolute Gasteiger partial charge is 0.356 e. The molecule has 1 aliphatic rings. The first-order valence-electron chi connectivity index (χ1n) is 5.18. The molecule has 0 radical (unpaired) electrons. The van der Waals surface area contributed by atoms with Crippen molar-refractivity contribution in [2.24, 2.45) is 0 Å². The summed E-state index contributed by atoms with van der Waals surface area (Å²) >= 11 is 1.41. The Labute approximate surface area is 97.6 Å². The first kappa shape index (κ1) is 11.5. The molecule has 1 aromatic heterocycles. The van der Waals surface area contributed by atoms with Gasteiger partial charge in [0, 0.05) is 13.0 Å². The standard InChI is InChI=1S/C10H14N2O3S/c1-16-10-11-7(8(12-10)9(13)14)5-6-3-2-4-15-6/h6H,2-5H2,1H3,(H,11,12)(H,13,14). The topological polar surface area (TPSA) is 75.2 Å². The Morgan fingerprint density at radius 2 is 2.56 bits per heavy atom. The fraction of sp³-hybridized carbons (Fsp3) is 0.600. The van der Waals surface area contributed by atoms with Crippen molar-refractivity contribution in [1.82, 2.24) is 9.97 Å². The highest BCUT2D eigenvalue weighted by molar-refractivity contribution is 7.98. The van der Waals surface area contributed by atoms with E-state index >= 15 is 0 Å². The van der Waals surface area contributed by atoms with E-state index in [0.717, 1.165) is 19.4 Å². The van der Waals surface area contributed by atoms with Gasteiger partial charge in [-0.25, -0.2) is 9.78 Å². The van der Waals surface area contributed by atoms with E-state index < -0.39 is 5.97 Å². The lowest BCUT2D eigenvalue weighted by molar-refractivity contribution is 0.0687. The second-order valence-corrected chi connectivity index (χ2v) is 4.51. The van der Waals surface area contributed by atoms with E-state index in [2.05, 4.69) is 9.97 Å². The molecule has 2 heterocycles. The fourth-order valence-electron chi connectivity index (χ4n) is 1.84. The quantitative estimate of drug-likeness (QED) is 0.783. The number of thioether (sulfide) groups is 1. The number of imidazole rings is 1. The van der Waals surface area contributed by atoms with Crippen LogP contribution in [-0.4, -0.2) is 40.0 Å². The summed E-state index contributed by atoms with van der Waals surface area (Å²) in [6.07, 6.45) is 4.65. The molecular formula is C10H14N2O3S. The third kappa shape index (κ3) is 2.38. The van der Waals surface area contributed by atoms with E-state index in [0.29, 0.717) is 17.3 Å². The van der Waals surface area contributed by atoms with Crippen LogP contribution < -0.4 is 0 Å². The number of nitrogens with one attached hydrogen (secondary N) is 1. The SMILES string of the molecule is CSc1nc(C(=O)O)c(CC2CCCO2)[nH]1. The highest BCUT2D eigenvalue weighted by Crippen LogP contribution is 2.20. The molecule has 88 valence electrons. The maximum Gasteiger partial charge on any atom is 0.356 e. The van der Waals surface area contributed by atoms with Crippen molar-refractivity contribution in [3.8, 4) is 0 Å². The number of H-pyrrole nitrogens is 1. The molecule has 1 unspecified atom stereocenters. The number of carbonyl (C=O) groups is 1. The first-order valence-corrected chi connectivity index (χ1v) is 6.41. The van der Waals surface area contributed by atoms with Gasteiger partial charge in [-0.1, -0.05) is 11.8 Å². The van der Waals surface area contributed by atoms with Gasteiger partial charge in [-0.2, -0.15) is 0 Å². The zero-order chi connectivity index (χ0) is 11.5. The zero-order valence-electron chi connectivity index (χ0n) is 9.02. The van der Waals surface area contributed by atoms with Crippen molar-refractivity contribution in [3.63, 3.8) is 0 Å². The van der Waals surface area contributed by atoms with Crippen LogP contribution in [0.2, 0.25) is 0 Å². The monoisotopic (exact) mass is 242 g/mol. The summed E-state index contributed by atoms with van der Waals surface area (Å²) in [5, 5.41) is 9.66. The molecule has 2 rings (SSSR count). The van der Waals surface area contributed by atoms with E-state index in [-0.39, 0.29) is 11.8 Å². The number of carboxylic acids is 1. The minimum atomic E-state index is -0.982. The number of hydrogen-bond acceptors (Lipinski definition) is 4. The maximum atomic E-state index is 11.0. The molecule has 5 nitrogen and oxygen atoms in total. The van der Waals surface area contributed by atoms with Gasteiger partial charge in [-0.15, -0.1) is 0 Å². The number of aromatic nitrogens is 2. The second-order valence-electron chi connectivity index (χ2n) is 3.72. The molecule has 1 aromatic rings. The Balaban J connectivity index is 2.17. The molecule has 0 aliphatic carbocycles. The molecule has 1 fully saturated rings.